The molecule has 0 aliphatic heterocycles. The zero-order valence-corrected chi connectivity index (χ0v) is 14.4. The Kier molecular flexibility index (Phi) is 4.62. The third-order valence-electron chi connectivity index (χ3n) is 3.67. The van der Waals surface area contributed by atoms with Gasteiger partial charge in [-0.3, -0.25) is 0 Å². The second-order valence-electron chi connectivity index (χ2n) is 5.48. The van der Waals surface area contributed by atoms with E-state index in [2.05, 4.69) is 74.5 Å². The molecule has 3 rings (SSSR count). The Morgan fingerprint density at radius 2 is 0.864 bits per heavy atom. The maximum absolute atomic E-state index is 6.06. The lowest BCUT2D eigenvalue weighted by Crippen LogP contribution is -2.20. The van der Waals surface area contributed by atoms with Gasteiger partial charge < -0.3 is 0 Å². The van der Waals surface area contributed by atoms with Crippen molar-refractivity contribution < 1.29 is 0 Å². The molecule has 0 N–H and O–H groups in total. The summed E-state index contributed by atoms with van der Waals surface area (Å²) >= 11 is 6.06. The molecule has 0 aromatic heterocycles. The van der Waals surface area contributed by atoms with Crippen LogP contribution in [-0.2, 0) is 0 Å². The quantitative estimate of drug-likeness (QED) is 0.612. The van der Waals surface area contributed by atoms with E-state index < -0.39 is 7.92 Å². The second kappa shape index (κ2) is 6.65. The van der Waals surface area contributed by atoms with E-state index in [4.69, 9.17) is 11.6 Å². The summed E-state index contributed by atoms with van der Waals surface area (Å²) in [6, 6.07) is 26.0. The van der Waals surface area contributed by atoms with Gasteiger partial charge in [0, 0.05) is 5.02 Å². The van der Waals surface area contributed by atoms with E-state index in [1.54, 1.807) is 0 Å². The van der Waals surface area contributed by atoms with Crippen LogP contribution in [-0.4, -0.2) is 0 Å². The summed E-state index contributed by atoms with van der Waals surface area (Å²) in [7, 11) is -0.542. The Labute approximate surface area is 138 Å². The van der Waals surface area contributed by atoms with E-state index in [1.165, 1.54) is 27.0 Å². The third kappa shape index (κ3) is 3.40. The van der Waals surface area contributed by atoms with E-state index in [0.717, 1.165) is 5.02 Å². The zero-order valence-electron chi connectivity index (χ0n) is 12.8. The normalized spacial score (nSPS) is 10.9. The number of benzene rings is 3. The van der Waals surface area contributed by atoms with Gasteiger partial charge in [-0.1, -0.05) is 83.4 Å². The molecule has 0 nitrogen and oxygen atoms in total. The standard InChI is InChI=1S/C20H18ClP/c1-15-3-9-18(10-4-15)22(19-11-5-16(2)6-12-19)20-13-7-17(21)8-14-20/h3-14H,1-2H3. The molecule has 2 heteroatoms. The van der Waals surface area contributed by atoms with E-state index in [9.17, 15) is 0 Å². The Balaban J connectivity index is 2.10. The van der Waals surface area contributed by atoms with Crippen molar-refractivity contribution in [1.29, 1.82) is 0 Å². The molecule has 0 amide bonds. The van der Waals surface area contributed by atoms with Crippen LogP contribution in [0.2, 0.25) is 5.02 Å². The predicted molar refractivity (Wildman–Crippen MR) is 99.6 cm³/mol. The van der Waals surface area contributed by atoms with Crippen molar-refractivity contribution in [2.45, 2.75) is 13.8 Å². The highest BCUT2D eigenvalue weighted by molar-refractivity contribution is 7.79. The molecule has 0 saturated heterocycles. The van der Waals surface area contributed by atoms with Crippen molar-refractivity contribution >= 4 is 35.4 Å². The van der Waals surface area contributed by atoms with Gasteiger partial charge >= 0.3 is 0 Å². The fraction of sp³-hybridized carbons (Fsp3) is 0.100. The molecule has 3 aromatic carbocycles. The van der Waals surface area contributed by atoms with Crippen molar-refractivity contribution in [2.24, 2.45) is 0 Å². The molecule has 3 aromatic rings. The van der Waals surface area contributed by atoms with Gasteiger partial charge in [-0.2, -0.15) is 0 Å². The van der Waals surface area contributed by atoms with Crippen LogP contribution < -0.4 is 15.9 Å². The molecule has 0 fully saturated rings. The first-order valence-corrected chi connectivity index (χ1v) is 9.04. The highest BCUT2D eigenvalue weighted by atomic mass is 35.5. The second-order valence-corrected chi connectivity index (χ2v) is 8.14. The molecule has 0 aliphatic rings. The maximum Gasteiger partial charge on any atom is 0.0406 e. The van der Waals surface area contributed by atoms with Crippen molar-refractivity contribution in [2.75, 3.05) is 0 Å². The lowest BCUT2D eigenvalue weighted by molar-refractivity contribution is 1.49. The predicted octanol–water partition coefficient (Wildman–Crippen LogP) is 4.72. The summed E-state index contributed by atoms with van der Waals surface area (Å²) in [6.07, 6.45) is 0. The highest BCUT2D eigenvalue weighted by Crippen LogP contribution is 2.33. The summed E-state index contributed by atoms with van der Waals surface area (Å²) in [5, 5.41) is 4.84. The van der Waals surface area contributed by atoms with Crippen molar-refractivity contribution in [3.8, 4) is 0 Å². The van der Waals surface area contributed by atoms with Crippen LogP contribution in [0.1, 0.15) is 11.1 Å². The number of aryl methyl sites for hydroxylation is 2. The van der Waals surface area contributed by atoms with Gasteiger partial charge in [0.15, 0.2) is 0 Å². The van der Waals surface area contributed by atoms with E-state index in [-0.39, 0.29) is 0 Å². The summed E-state index contributed by atoms with van der Waals surface area (Å²) in [5.41, 5.74) is 2.58. The van der Waals surface area contributed by atoms with Crippen molar-refractivity contribution in [3.05, 3.63) is 88.9 Å². The molecule has 0 aliphatic carbocycles. The molecular formula is C20H18ClP. The van der Waals surface area contributed by atoms with Crippen LogP contribution in [0.25, 0.3) is 0 Å². The van der Waals surface area contributed by atoms with Crippen molar-refractivity contribution in [1.82, 2.24) is 0 Å². The van der Waals surface area contributed by atoms with Crippen LogP contribution >= 0.6 is 19.5 Å². The molecule has 0 spiro atoms. The van der Waals surface area contributed by atoms with E-state index >= 15 is 0 Å². The first-order chi connectivity index (χ1) is 10.6. The summed E-state index contributed by atoms with van der Waals surface area (Å²) in [6.45, 7) is 4.25. The van der Waals surface area contributed by atoms with Crippen LogP contribution in [0.4, 0.5) is 0 Å². The fourth-order valence-electron chi connectivity index (χ4n) is 2.43. The molecule has 0 atom stereocenters. The smallest absolute Gasteiger partial charge is 0.0406 e. The van der Waals surface area contributed by atoms with Crippen LogP contribution in [0.3, 0.4) is 0 Å². The lowest BCUT2D eigenvalue weighted by atomic mass is 10.2. The highest BCUT2D eigenvalue weighted by Gasteiger charge is 2.16. The molecular weight excluding hydrogens is 307 g/mol. The van der Waals surface area contributed by atoms with E-state index in [1.807, 2.05) is 12.1 Å². The van der Waals surface area contributed by atoms with Gasteiger partial charge in [0.25, 0.3) is 0 Å². The molecule has 0 bridgehead atoms. The monoisotopic (exact) mass is 324 g/mol. The molecule has 110 valence electrons. The van der Waals surface area contributed by atoms with Crippen LogP contribution in [0.15, 0.2) is 72.8 Å². The minimum absolute atomic E-state index is 0.542. The lowest BCUT2D eigenvalue weighted by Gasteiger charge is -2.19. The Bertz CT molecular complexity index is 635. The first-order valence-electron chi connectivity index (χ1n) is 7.32. The number of rotatable bonds is 3. The average Bonchev–Trinajstić information content (AvgIpc) is 2.53. The topological polar surface area (TPSA) is 0 Å². The van der Waals surface area contributed by atoms with Gasteiger partial charge in [-0.15, -0.1) is 0 Å². The number of hydrogen-bond acceptors (Lipinski definition) is 0. The fourth-order valence-corrected chi connectivity index (χ4v) is 4.79. The van der Waals surface area contributed by atoms with Crippen LogP contribution in [0, 0.1) is 13.8 Å². The largest absolute Gasteiger partial charge is 0.0843 e. The zero-order chi connectivity index (χ0) is 15.5. The maximum atomic E-state index is 6.06. The third-order valence-corrected chi connectivity index (χ3v) is 6.36. The molecule has 0 unspecified atom stereocenters. The summed E-state index contributed by atoms with van der Waals surface area (Å²) < 4.78 is 0. The minimum atomic E-state index is -0.542. The van der Waals surface area contributed by atoms with Crippen molar-refractivity contribution in [3.63, 3.8) is 0 Å². The van der Waals surface area contributed by atoms with Gasteiger partial charge in [0.05, 0.1) is 0 Å². The SMILES string of the molecule is Cc1ccc(P(c2ccc(C)cc2)c2ccc(Cl)cc2)cc1. The van der Waals surface area contributed by atoms with Gasteiger partial charge in [-0.05, 0) is 49.8 Å². The number of hydrogen-bond donors (Lipinski definition) is 0. The Morgan fingerprint density at radius 1 is 0.545 bits per heavy atom. The van der Waals surface area contributed by atoms with Gasteiger partial charge in [-0.25, -0.2) is 0 Å². The molecule has 22 heavy (non-hydrogen) atoms. The Hall–Kier alpha value is -1.62. The number of halogens is 1. The average molecular weight is 325 g/mol. The molecule has 0 saturated carbocycles. The van der Waals surface area contributed by atoms with Gasteiger partial charge in [0.1, 0.15) is 0 Å². The summed E-state index contributed by atoms with van der Waals surface area (Å²) in [4.78, 5) is 0. The van der Waals surface area contributed by atoms with E-state index in [0.29, 0.717) is 0 Å². The molecule has 0 radical (unpaired) electrons. The first kappa shape index (κ1) is 15.3. The van der Waals surface area contributed by atoms with Gasteiger partial charge in [0.2, 0.25) is 0 Å². The minimum Gasteiger partial charge on any atom is -0.0843 e. The molecule has 0 heterocycles. The summed E-state index contributed by atoms with van der Waals surface area (Å²) in [5.74, 6) is 0. The van der Waals surface area contributed by atoms with Crippen LogP contribution in [0.5, 0.6) is 0 Å². The Morgan fingerprint density at radius 3 is 1.23 bits per heavy atom.